The lowest BCUT2D eigenvalue weighted by Crippen LogP contribution is -2.16. The van der Waals surface area contributed by atoms with Gasteiger partial charge >= 0.3 is 0 Å². The van der Waals surface area contributed by atoms with Crippen LogP contribution in [0.1, 0.15) is 106 Å². The third-order valence-corrected chi connectivity index (χ3v) is 8.30. The Morgan fingerprint density at radius 3 is 1.88 bits per heavy atom. The van der Waals surface area contributed by atoms with E-state index in [1.165, 1.54) is 44.3 Å². The summed E-state index contributed by atoms with van der Waals surface area (Å²) < 4.78 is 0. The topological polar surface area (TPSA) is 24.9 Å². The molecule has 5 rings (SSSR count). The highest BCUT2D eigenvalue weighted by atomic mass is 32.1. The van der Waals surface area contributed by atoms with Gasteiger partial charge in [-0.3, -0.25) is 0 Å². The molecule has 0 amide bonds. The first-order valence-electron chi connectivity index (χ1n) is 14.8. The molecule has 0 bridgehead atoms. The molecule has 0 aliphatic heterocycles. The molecule has 0 aliphatic rings. The molecule has 1 aromatic heterocycles. The Kier molecular flexibility index (Phi) is 9.81. The van der Waals surface area contributed by atoms with Crippen LogP contribution in [0.3, 0.4) is 0 Å². The maximum Gasteiger partial charge on any atom is 0.120 e. The fraction of sp³-hybridized carbons (Fsp3) is 0.324. The van der Waals surface area contributed by atoms with Crippen LogP contribution in [0.2, 0.25) is 0 Å². The molecule has 1 N–H and O–H groups in total. The Labute approximate surface area is 245 Å². The smallest absolute Gasteiger partial charge is 0.120 e. The van der Waals surface area contributed by atoms with E-state index >= 15 is 0 Å². The second-order valence-corrected chi connectivity index (χ2v) is 12.0. The van der Waals surface area contributed by atoms with Crippen LogP contribution >= 0.6 is 11.3 Å². The predicted molar refractivity (Wildman–Crippen MR) is 177 cm³/mol. The first kappa shape index (κ1) is 29.6. The Morgan fingerprint density at radius 1 is 0.650 bits per heavy atom. The molecule has 40 heavy (non-hydrogen) atoms. The van der Waals surface area contributed by atoms with Crippen molar-refractivity contribution in [2.24, 2.45) is 0 Å². The van der Waals surface area contributed by atoms with Gasteiger partial charge in [0.05, 0.1) is 5.69 Å². The minimum atomic E-state index is -0.0372. The number of nitrogens with zero attached hydrogens (tertiary/aromatic N) is 1. The van der Waals surface area contributed by atoms with E-state index in [-0.39, 0.29) is 6.04 Å². The van der Waals surface area contributed by atoms with Gasteiger partial charge in [0.25, 0.3) is 0 Å². The minimum Gasteiger partial charge on any atom is -0.372 e. The van der Waals surface area contributed by atoms with Gasteiger partial charge in [-0.05, 0) is 50.8 Å². The van der Waals surface area contributed by atoms with Crippen LogP contribution in [0.5, 0.6) is 0 Å². The SMILES string of the molecule is CC.CC(C)c1cc(C(C)C)c(NC(c2ccccc2)c2nc(-c3cccc4ccccc34)cs2)c(C(C)C)c1. The number of aromatic nitrogens is 1. The summed E-state index contributed by atoms with van der Waals surface area (Å²) in [6.07, 6.45) is 0. The molecular formula is C37H44N2S. The molecule has 0 spiro atoms. The third kappa shape index (κ3) is 6.31. The summed E-state index contributed by atoms with van der Waals surface area (Å²) in [6, 6.07) is 30.6. The molecule has 3 heteroatoms. The Bertz CT molecular complexity index is 1490. The highest BCUT2D eigenvalue weighted by Crippen LogP contribution is 2.40. The molecule has 4 aromatic carbocycles. The summed E-state index contributed by atoms with van der Waals surface area (Å²) in [6.45, 7) is 17.8. The lowest BCUT2D eigenvalue weighted by Gasteiger charge is -2.27. The van der Waals surface area contributed by atoms with Crippen molar-refractivity contribution in [3.05, 3.63) is 118 Å². The summed E-state index contributed by atoms with van der Waals surface area (Å²) in [7, 11) is 0. The van der Waals surface area contributed by atoms with E-state index in [4.69, 9.17) is 4.98 Å². The Balaban J connectivity index is 0.00000181. The third-order valence-electron chi connectivity index (χ3n) is 7.39. The molecule has 1 heterocycles. The number of fused-ring (bicyclic) bond motifs is 1. The van der Waals surface area contributed by atoms with E-state index in [9.17, 15) is 0 Å². The fourth-order valence-electron chi connectivity index (χ4n) is 5.19. The lowest BCUT2D eigenvalue weighted by molar-refractivity contribution is 0.796. The molecule has 1 atom stereocenters. The summed E-state index contributed by atoms with van der Waals surface area (Å²) in [4.78, 5) is 5.25. The van der Waals surface area contributed by atoms with Crippen LogP contribution in [0.25, 0.3) is 22.0 Å². The minimum absolute atomic E-state index is 0.0372. The van der Waals surface area contributed by atoms with E-state index in [0.717, 1.165) is 10.7 Å². The number of anilines is 1. The molecule has 208 valence electrons. The zero-order chi connectivity index (χ0) is 28.8. The zero-order valence-electron chi connectivity index (χ0n) is 25.3. The van der Waals surface area contributed by atoms with Gasteiger partial charge < -0.3 is 5.32 Å². The number of hydrogen-bond donors (Lipinski definition) is 1. The molecule has 0 aliphatic carbocycles. The summed E-state index contributed by atoms with van der Waals surface area (Å²) >= 11 is 1.74. The number of benzene rings is 4. The number of nitrogens with one attached hydrogen (secondary N) is 1. The molecule has 1 unspecified atom stereocenters. The van der Waals surface area contributed by atoms with Gasteiger partial charge in [-0.25, -0.2) is 4.98 Å². The maximum atomic E-state index is 5.25. The van der Waals surface area contributed by atoms with Crippen LogP contribution in [-0.2, 0) is 0 Å². The normalized spacial score (nSPS) is 12.1. The quantitative estimate of drug-likeness (QED) is 0.208. The van der Waals surface area contributed by atoms with Crippen molar-refractivity contribution < 1.29 is 0 Å². The molecular weight excluding hydrogens is 504 g/mol. The first-order chi connectivity index (χ1) is 19.3. The van der Waals surface area contributed by atoms with E-state index < -0.39 is 0 Å². The summed E-state index contributed by atoms with van der Waals surface area (Å²) in [5, 5.41) is 9.80. The Morgan fingerprint density at radius 2 is 1.25 bits per heavy atom. The van der Waals surface area contributed by atoms with Gasteiger partial charge in [0, 0.05) is 16.6 Å². The molecule has 0 fully saturated rings. The van der Waals surface area contributed by atoms with Crippen molar-refractivity contribution in [1.82, 2.24) is 4.98 Å². The van der Waals surface area contributed by atoms with Crippen molar-refractivity contribution in [2.45, 2.75) is 79.2 Å². The second kappa shape index (κ2) is 13.3. The Hall–Kier alpha value is -3.43. The monoisotopic (exact) mass is 548 g/mol. The van der Waals surface area contributed by atoms with E-state index in [0.29, 0.717) is 17.8 Å². The van der Waals surface area contributed by atoms with Crippen molar-refractivity contribution in [2.75, 3.05) is 5.32 Å². The maximum absolute atomic E-state index is 5.25. The van der Waals surface area contributed by atoms with E-state index in [2.05, 4.69) is 137 Å². The van der Waals surface area contributed by atoms with Crippen molar-refractivity contribution >= 4 is 27.8 Å². The van der Waals surface area contributed by atoms with E-state index in [1.807, 2.05) is 13.8 Å². The first-order valence-corrected chi connectivity index (χ1v) is 15.6. The van der Waals surface area contributed by atoms with Crippen molar-refractivity contribution in [1.29, 1.82) is 0 Å². The van der Waals surface area contributed by atoms with Crippen LogP contribution in [0.15, 0.2) is 90.3 Å². The van der Waals surface area contributed by atoms with Crippen LogP contribution in [0, 0.1) is 0 Å². The highest BCUT2D eigenvalue weighted by Gasteiger charge is 2.24. The van der Waals surface area contributed by atoms with Crippen LogP contribution in [0.4, 0.5) is 5.69 Å². The van der Waals surface area contributed by atoms with Crippen LogP contribution < -0.4 is 5.32 Å². The molecule has 0 saturated heterocycles. The van der Waals surface area contributed by atoms with Gasteiger partial charge in [0.1, 0.15) is 11.0 Å². The van der Waals surface area contributed by atoms with Gasteiger partial charge in [0.2, 0.25) is 0 Å². The average Bonchev–Trinajstić information content (AvgIpc) is 3.46. The summed E-state index contributed by atoms with van der Waals surface area (Å²) in [5.74, 6) is 1.31. The predicted octanol–water partition coefficient (Wildman–Crippen LogP) is 11.6. The average molecular weight is 549 g/mol. The molecule has 2 nitrogen and oxygen atoms in total. The van der Waals surface area contributed by atoms with E-state index in [1.54, 1.807) is 11.3 Å². The molecule has 0 saturated carbocycles. The number of hydrogen-bond acceptors (Lipinski definition) is 3. The van der Waals surface area contributed by atoms with Gasteiger partial charge in [-0.2, -0.15) is 0 Å². The van der Waals surface area contributed by atoms with Gasteiger partial charge in [-0.15, -0.1) is 11.3 Å². The van der Waals surface area contributed by atoms with Crippen molar-refractivity contribution in [3.63, 3.8) is 0 Å². The largest absolute Gasteiger partial charge is 0.372 e. The highest BCUT2D eigenvalue weighted by molar-refractivity contribution is 7.10. The van der Waals surface area contributed by atoms with Gasteiger partial charge in [0.15, 0.2) is 0 Å². The van der Waals surface area contributed by atoms with Crippen molar-refractivity contribution in [3.8, 4) is 11.3 Å². The zero-order valence-corrected chi connectivity index (χ0v) is 26.1. The standard InChI is InChI=1S/C35H38N2S.C2H6/c1-22(2)27-19-30(23(3)4)34(31(20-27)24(5)6)37-33(26-14-8-7-9-15-26)35-36-32(21-38-35)29-18-12-16-25-13-10-11-17-28(25)29;1-2/h7-24,33,37H,1-6H3;1-2H3. The number of rotatable bonds is 8. The molecule has 0 radical (unpaired) electrons. The fourth-order valence-corrected chi connectivity index (χ4v) is 6.09. The summed E-state index contributed by atoms with van der Waals surface area (Å²) in [5.41, 5.74) is 8.88. The van der Waals surface area contributed by atoms with Crippen LogP contribution in [-0.4, -0.2) is 4.98 Å². The lowest BCUT2D eigenvalue weighted by atomic mass is 9.87. The second-order valence-electron chi connectivity index (χ2n) is 11.1. The molecule has 5 aromatic rings. The van der Waals surface area contributed by atoms with Gasteiger partial charge in [-0.1, -0.05) is 140 Å². The number of thiazole rings is 1.